The van der Waals surface area contributed by atoms with E-state index in [4.69, 9.17) is 5.73 Å². The third-order valence-electron chi connectivity index (χ3n) is 14.1. The molecule has 11 N–H and O–H groups in total. The largest absolute Gasteiger partial charge is 0.524 e. The first-order valence-corrected chi connectivity index (χ1v) is 27.2. The fourth-order valence-corrected chi connectivity index (χ4v) is 10.7. The van der Waals surface area contributed by atoms with E-state index in [1.54, 1.807) is 13.8 Å². The Balaban J connectivity index is 1.51. The van der Waals surface area contributed by atoms with Gasteiger partial charge in [0.15, 0.2) is 0 Å². The van der Waals surface area contributed by atoms with Gasteiger partial charge in [-0.3, -0.25) is 52.9 Å². The summed E-state index contributed by atoms with van der Waals surface area (Å²) in [6.07, 6.45) is 10.3. The highest BCUT2D eigenvalue weighted by Gasteiger charge is 2.41. The van der Waals surface area contributed by atoms with E-state index in [1.807, 2.05) is 0 Å². The summed E-state index contributed by atoms with van der Waals surface area (Å²) in [7, 11) is -4.90. The Morgan fingerprint density at radius 2 is 1.22 bits per heavy atom. The number of nitrogens with one attached hydrogen (secondary N) is 7. The Morgan fingerprint density at radius 1 is 0.681 bits per heavy atom. The number of phosphoric ester groups is 1. The summed E-state index contributed by atoms with van der Waals surface area (Å²) in [5.74, 6) is -6.88. The SMILES string of the molecule is CC(=O)NC1CCCCNC(=O)[C@@H]2CCCN2C(=O)[C@H](CC2CCCCC2)NC(=O)C(CC(N)=O)NC(=O)[C@H](C(C)C)NC(=O)[C@H](CC2CCCCC2)NC(=O)[C@H](Cc2ccc(OP(=O)(O)O)cc2)NC1=O. The Morgan fingerprint density at radius 3 is 1.81 bits per heavy atom. The summed E-state index contributed by atoms with van der Waals surface area (Å²) in [5.41, 5.74) is 6.05. The van der Waals surface area contributed by atoms with E-state index < -0.39 is 116 Å². The number of fused-ring (bicyclic) bond motifs is 1. The van der Waals surface area contributed by atoms with E-state index in [0.29, 0.717) is 31.2 Å². The average molecular weight is 1030 g/mol. The smallest absolute Gasteiger partial charge is 0.404 e. The van der Waals surface area contributed by atoms with Gasteiger partial charge in [-0.1, -0.05) is 90.2 Å². The van der Waals surface area contributed by atoms with Crippen LogP contribution in [0.2, 0.25) is 0 Å². The molecule has 0 radical (unpaired) electrons. The zero-order valence-corrected chi connectivity index (χ0v) is 42.7. The Bertz CT molecular complexity index is 2130. The first-order chi connectivity index (χ1) is 34.2. The van der Waals surface area contributed by atoms with Crippen molar-refractivity contribution in [1.29, 1.82) is 0 Å². The molecule has 2 aliphatic heterocycles. The normalized spacial score (nSPS) is 26.9. The van der Waals surface area contributed by atoms with Crippen molar-refractivity contribution in [3.05, 3.63) is 29.8 Å². The number of nitrogens with two attached hydrogens (primary N) is 1. The number of carbonyl (C=O) groups excluding carboxylic acids is 9. The lowest BCUT2D eigenvalue weighted by Gasteiger charge is -2.33. The maximum Gasteiger partial charge on any atom is 0.524 e. The number of rotatable bonds is 12. The number of nitrogens with zero attached hydrogens (tertiary/aromatic N) is 1. The number of primary amides is 1. The quantitative estimate of drug-likeness (QED) is 0.133. The van der Waals surface area contributed by atoms with Gasteiger partial charge < -0.3 is 52.4 Å². The maximum absolute atomic E-state index is 14.6. The molecule has 4 fully saturated rings. The van der Waals surface area contributed by atoms with Gasteiger partial charge >= 0.3 is 7.82 Å². The number of hydrogen-bond acceptors (Lipinski definition) is 11. The summed E-state index contributed by atoms with van der Waals surface area (Å²) in [5, 5.41) is 19.3. The van der Waals surface area contributed by atoms with Gasteiger partial charge in [-0.25, -0.2) is 4.57 Å². The summed E-state index contributed by atoms with van der Waals surface area (Å²) in [6, 6.07) is -3.11. The van der Waals surface area contributed by atoms with Crippen LogP contribution in [-0.2, 0) is 54.1 Å². The fraction of sp³-hybridized carbons (Fsp3) is 0.694. The molecule has 72 heavy (non-hydrogen) atoms. The molecule has 7 atom stereocenters. The zero-order chi connectivity index (χ0) is 52.5. The number of carbonyl (C=O) groups is 9. The standard InChI is InChI=1S/C49H76N9O13P/c1-29(2)42-48(66)55-38(28-41(50)60)45(63)56-39(27-32-15-8-5-9-16-32)49(67)58-24-12-18-40(58)47(65)51-23-11-10-17-35(52-30(3)59)43(61)53-36(26-33-19-21-34(22-20-33)71-72(68,69)70)44(62)54-37(46(64)57-42)25-31-13-6-4-7-14-31/h19-22,29,31-32,35-40,42H,4-18,23-28H2,1-3H3,(H2,50,60)(H,51,65)(H,52,59)(H,53,61)(H,54,62)(H,55,66)(H,56,63)(H,57,64)(H2,68,69,70)/t35?,36-,37-,38?,39-,40-,42-/m0/s1. The highest BCUT2D eigenvalue weighted by molar-refractivity contribution is 7.46. The van der Waals surface area contributed by atoms with Gasteiger partial charge in [0, 0.05) is 26.4 Å². The molecule has 2 unspecified atom stereocenters. The number of hydrogen-bond donors (Lipinski definition) is 10. The van der Waals surface area contributed by atoms with Crippen LogP contribution in [0.25, 0.3) is 0 Å². The van der Waals surface area contributed by atoms with Gasteiger partial charge in [0.2, 0.25) is 53.2 Å². The summed E-state index contributed by atoms with van der Waals surface area (Å²) in [6.45, 7) is 4.98. The van der Waals surface area contributed by atoms with Crippen molar-refractivity contribution in [1.82, 2.24) is 42.1 Å². The van der Waals surface area contributed by atoms with Crippen molar-refractivity contribution in [2.24, 2.45) is 23.5 Å². The van der Waals surface area contributed by atoms with Crippen LogP contribution >= 0.6 is 7.82 Å². The van der Waals surface area contributed by atoms with Crippen LogP contribution in [-0.4, -0.2) is 123 Å². The van der Waals surface area contributed by atoms with Crippen LogP contribution < -0.4 is 47.5 Å². The summed E-state index contributed by atoms with van der Waals surface area (Å²) in [4.78, 5) is 145. The molecule has 2 aliphatic carbocycles. The second-order valence-electron chi connectivity index (χ2n) is 20.3. The third kappa shape index (κ3) is 18.2. The minimum Gasteiger partial charge on any atom is -0.404 e. The molecule has 5 rings (SSSR count). The van der Waals surface area contributed by atoms with Gasteiger partial charge in [-0.15, -0.1) is 0 Å². The predicted octanol–water partition coefficient (Wildman–Crippen LogP) is 1.39. The van der Waals surface area contributed by atoms with Crippen LogP contribution in [0.3, 0.4) is 0 Å². The number of benzene rings is 1. The summed E-state index contributed by atoms with van der Waals surface area (Å²) >= 11 is 0. The van der Waals surface area contributed by atoms with Crippen LogP contribution in [0.15, 0.2) is 24.3 Å². The van der Waals surface area contributed by atoms with E-state index in [9.17, 15) is 57.5 Å². The average Bonchev–Trinajstić information content (AvgIpc) is 3.82. The second-order valence-corrected chi connectivity index (χ2v) is 21.4. The molecule has 2 heterocycles. The molecule has 0 bridgehead atoms. The molecule has 2 saturated carbocycles. The Hall–Kier alpha value is -5.60. The summed E-state index contributed by atoms with van der Waals surface area (Å²) < 4.78 is 16.2. The van der Waals surface area contributed by atoms with Gasteiger partial charge in [0.05, 0.1) is 6.42 Å². The van der Waals surface area contributed by atoms with Crippen LogP contribution in [0.5, 0.6) is 5.75 Å². The van der Waals surface area contributed by atoms with E-state index in [0.717, 1.165) is 64.2 Å². The van der Waals surface area contributed by atoms with Crippen LogP contribution in [0.1, 0.15) is 142 Å². The predicted molar refractivity (Wildman–Crippen MR) is 263 cm³/mol. The number of phosphoric acid groups is 1. The molecule has 9 amide bonds. The van der Waals surface area contributed by atoms with Crippen molar-refractivity contribution < 1.29 is 62.0 Å². The minimum absolute atomic E-state index is 0.00413. The van der Waals surface area contributed by atoms with Crippen molar-refractivity contribution in [2.45, 2.75) is 185 Å². The maximum atomic E-state index is 14.6. The lowest BCUT2D eigenvalue weighted by atomic mass is 9.84. The van der Waals surface area contributed by atoms with Crippen molar-refractivity contribution >= 4 is 61.0 Å². The molecule has 0 spiro atoms. The van der Waals surface area contributed by atoms with E-state index in [-0.39, 0.29) is 56.4 Å². The lowest BCUT2D eigenvalue weighted by molar-refractivity contribution is -0.142. The lowest BCUT2D eigenvalue weighted by Crippen LogP contribution is -2.61. The molecule has 4 aliphatic rings. The fourth-order valence-electron chi connectivity index (χ4n) is 10.3. The second kappa shape index (κ2) is 27.5. The van der Waals surface area contributed by atoms with Crippen molar-refractivity contribution in [3.63, 3.8) is 0 Å². The zero-order valence-electron chi connectivity index (χ0n) is 41.8. The van der Waals surface area contributed by atoms with Gasteiger partial charge in [-0.05, 0) is 80.4 Å². The van der Waals surface area contributed by atoms with Gasteiger partial charge in [0.1, 0.15) is 48.0 Å². The topological polar surface area (TPSA) is 334 Å². The van der Waals surface area contributed by atoms with Crippen LogP contribution in [0, 0.1) is 17.8 Å². The molecule has 0 aromatic heterocycles. The molecule has 1 aromatic carbocycles. The monoisotopic (exact) mass is 1030 g/mol. The third-order valence-corrected chi connectivity index (χ3v) is 14.5. The first kappa shape index (κ1) is 57.3. The highest BCUT2D eigenvalue weighted by atomic mass is 31.2. The van der Waals surface area contributed by atoms with E-state index in [1.165, 1.54) is 36.1 Å². The molecular formula is C49H76N9O13P. The molecular weight excluding hydrogens is 954 g/mol. The van der Waals surface area contributed by atoms with E-state index in [2.05, 4.69) is 41.7 Å². The van der Waals surface area contributed by atoms with Gasteiger partial charge in [-0.2, -0.15) is 0 Å². The molecule has 2 saturated heterocycles. The molecule has 400 valence electrons. The Kier molecular flexibility index (Phi) is 21.8. The van der Waals surface area contributed by atoms with Gasteiger partial charge in [0.25, 0.3) is 0 Å². The van der Waals surface area contributed by atoms with Crippen molar-refractivity contribution in [2.75, 3.05) is 13.1 Å². The molecule has 22 nitrogen and oxygen atoms in total. The minimum atomic E-state index is -4.90. The number of amides is 9. The van der Waals surface area contributed by atoms with Crippen LogP contribution in [0.4, 0.5) is 0 Å². The molecule has 23 heteroatoms. The van der Waals surface area contributed by atoms with E-state index >= 15 is 0 Å². The molecule has 1 aromatic rings. The first-order valence-electron chi connectivity index (χ1n) is 25.7. The Labute approximate surface area is 421 Å². The highest BCUT2D eigenvalue weighted by Crippen LogP contribution is 2.37. The van der Waals surface area contributed by atoms with Crippen molar-refractivity contribution in [3.8, 4) is 5.75 Å².